The molecule has 0 aromatic carbocycles. The van der Waals surface area contributed by atoms with Crippen LogP contribution < -0.4 is 15.4 Å². The first kappa shape index (κ1) is 16.2. The van der Waals surface area contributed by atoms with Crippen molar-refractivity contribution in [3.05, 3.63) is 18.2 Å². The molecule has 4 rings (SSSR count). The summed E-state index contributed by atoms with van der Waals surface area (Å²) in [7, 11) is 1.97. The highest BCUT2D eigenvalue weighted by Crippen LogP contribution is 2.21. The second-order valence-corrected chi connectivity index (χ2v) is 6.12. The van der Waals surface area contributed by atoms with E-state index in [0.717, 1.165) is 37.5 Å². The molecule has 0 unspecified atom stereocenters. The lowest BCUT2D eigenvalue weighted by atomic mass is 10.0. The zero-order valence-electron chi connectivity index (χ0n) is 14.4. The molecule has 0 atom stereocenters. The molecule has 9 heteroatoms. The van der Waals surface area contributed by atoms with Crippen LogP contribution in [0.25, 0.3) is 11.5 Å². The third-order valence-corrected chi connectivity index (χ3v) is 4.32. The highest BCUT2D eigenvalue weighted by molar-refractivity contribution is 6.30. The fourth-order valence-corrected chi connectivity index (χ4v) is 2.95. The standard InChI is InChI=1S/C16H21BN6O2/c17-13-3-1-2-12(18-13)14-19-15(22-4-8-24-9-5-22)21-16(20-14)23-6-10-25-11-7-23/h1-3H,4-11,17H2. The largest absolute Gasteiger partial charge is 0.378 e. The molecule has 0 spiro atoms. The number of hydrogen-bond donors (Lipinski definition) is 0. The van der Waals surface area contributed by atoms with Gasteiger partial charge < -0.3 is 19.3 Å². The molecular weight excluding hydrogens is 319 g/mol. The van der Waals surface area contributed by atoms with Gasteiger partial charge in [0.15, 0.2) is 13.7 Å². The van der Waals surface area contributed by atoms with Gasteiger partial charge in [-0.3, -0.25) is 4.98 Å². The minimum Gasteiger partial charge on any atom is -0.378 e. The molecule has 130 valence electrons. The lowest BCUT2D eigenvalue weighted by Crippen LogP contribution is -2.40. The lowest BCUT2D eigenvalue weighted by Gasteiger charge is -2.30. The predicted octanol–water partition coefficient (Wildman–Crippen LogP) is -1.13. The Labute approximate surface area is 147 Å². The zero-order valence-corrected chi connectivity index (χ0v) is 14.4. The normalized spacial score (nSPS) is 18.4. The zero-order chi connectivity index (χ0) is 17.1. The molecular formula is C16H21BN6O2. The van der Waals surface area contributed by atoms with Gasteiger partial charge in [-0.25, -0.2) is 0 Å². The van der Waals surface area contributed by atoms with E-state index in [2.05, 4.69) is 14.8 Å². The number of rotatable bonds is 3. The van der Waals surface area contributed by atoms with Crippen LogP contribution in [0, 0.1) is 0 Å². The summed E-state index contributed by atoms with van der Waals surface area (Å²) in [6.45, 7) is 5.90. The maximum absolute atomic E-state index is 5.45. The number of nitrogens with zero attached hydrogens (tertiary/aromatic N) is 6. The summed E-state index contributed by atoms with van der Waals surface area (Å²) < 4.78 is 10.9. The number of ether oxygens (including phenoxy) is 2. The lowest BCUT2D eigenvalue weighted by molar-refractivity contribution is 0.121. The van der Waals surface area contributed by atoms with Gasteiger partial charge in [0.2, 0.25) is 11.9 Å². The van der Waals surface area contributed by atoms with Crippen molar-refractivity contribution in [3.63, 3.8) is 0 Å². The van der Waals surface area contributed by atoms with Crippen molar-refractivity contribution in [2.24, 2.45) is 0 Å². The first-order valence-corrected chi connectivity index (χ1v) is 8.65. The Kier molecular flexibility index (Phi) is 4.75. The van der Waals surface area contributed by atoms with Crippen molar-refractivity contribution < 1.29 is 9.47 Å². The highest BCUT2D eigenvalue weighted by atomic mass is 16.5. The quantitative estimate of drug-likeness (QED) is 0.650. The fourth-order valence-electron chi connectivity index (χ4n) is 2.95. The topological polar surface area (TPSA) is 76.5 Å². The summed E-state index contributed by atoms with van der Waals surface area (Å²) >= 11 is 0. The van der Waals surface area contributed by atoms with Crippen molar-refractivity contribution in [3.8, 4) is 11.5 Å². The van der Waals surface area contributed by atoms with Gasteiger partial charge in [0, 0.05) is 26.2 Å². The smallest absolute Gasteiger partial charge is 0.230 e. The summed E-state index contributed by atoms with van der Waals surface area (Å²) in [5, 5.41) is 0. The van der Waals surface area contributed by atoms with E-state index in [-0.39, 0.29) is 0 Å². The molecule has 0 aliphatic carbocycles. The molecule has 2 aromatic heterocycles. The van der Waals surface area contributed by atoms with Crippen LogP contribution in [0.15, 0.2) is 18.2 Å². The molecule has 0 bridgehead atoms. The average Bonchev–Trinajstić information content (AvgIpc) is 2.69. The van der Waals surface area contributed by atoms with Crippen molar-refractivity contribution >= 4 is 25.3 Å². The van der Waals surface area contributed by atoms with E-state index < -0.39 is 0 Å². The van der Waals surface area contributed by atoms with Gasteiger partial charge in [-0.1, -0.05) is 12.1 Å². The Hall–Kier alpha value is -2.26. The van der Waals surface area contributed by atoms with Crippen LogP contribution >= 0.6 is 0 Å². The molecule has 0 N–H and O–H groups in total. The van der Waals surface area contributed by atoms with E-state index in [1.54, 1.807) is 0 Å². The molecule has 2 aliphatic rings. The van der Waals surface area contributed by atoms with Crippen LogP contribution in [0.4, 0.5) is 11.9 Å². The van der Waals surface area contributed by atoms with Gasteiger partial charge in [0.25, 0.3) is 0 Å². The minimum absolute atomic E-state index is 0.613. The molecule has 25 heavy (non-hydrogen) atoms. The molecule has 2 saturated heterocycles. The van der Waals surface area contributed by atoms with Crippen LogP contribution in [0.3, 0.4) is 0 Å². The second-order valence-electron chi connectivity index (χ2n) is 6.12. The van der Waals surface area contributed by atoms with E-state index in [9.17, 15) is 0 Å². The summed E-state index contributed by atoms with van der Waals surface area (Å²) in [5.74, 6) is 2.00. The van der Waals surface area contributed by atoms with Crippen LogP contribution in [0.2, 0.25) is 0 Å². The summed E-state index contributed by atoms with van der Waals surface area (Å²) in [5.41, 5.74) is 1.71. The van der Waals surface area contributed by atoms with Gasteiger partial charge in [-0.2, -0.15) is 15.0 Å². The molecule has 8 nitrogen and oxygen atoms in total. The first-order valence-electron chi connectivity index (χ1n) is 8.65. The summed E-state index contributed by atoms with van der Waals surface area (Å²) in [6, 6.07) is 5.88. The van der Waals surface area contributed by atoms with E-state index in [1.165, 1.54) is 0 Å². The van der Waals surface area contributed by atoms with E-state index >= 15 is 0 Å². The van der Waals surface area contributed by atoms with E-state index in [1.807, 2.05) is 26.0 Å². The van der Waals surface area contributed by atoms with Crippen molar-refractivity contribution in [2.75, 3.05) is 62.4 Å². The van der Waals surface area contributed by atoms with Crippen molar-refractivity contribution in [2.45, 2.75) is 0 Å². The van der Waals surface area contributed by atoms with Crippen LogP contribution in [-0.2, 0) is 9.47 Å². The average molecular weight is 340 g/mol. The first-order chi connectivity index (χ1) is 12.3. The van der Waals surface area contributed by atoms with Crippen molar-refractivity contribution in [1.82, 2.24) is 19.9 Å². The van der Waals surface area contributed by atoms with Gasteiger partial charge in [-0.05, 0) is 11.7 Å². The molecule has 2 fully saturated rings. The molecule has 0 radical (unpaired) electrons. The molecule has 2 aromatic rings. The van der Waals surface area contributed by atoms with Crippen LogP contribution in [0.1, 0.15) is 0 Å². The molecule has 0 saturated carbocycles. The number of pyridine rings is 1. The minimum atomic E-state index is 0.613. The predicted molar refractivity (Wildman–Crippen MR) is 97.3 cm³/mol. The third kappa shape index (κ3) is 3.72. The van der Waals surface area contributed by atoms with Crippen LogP contribution in [-0.4, -0.2) is 80.4 Å². The van der Waals surface area contributed by atoms with E-state index in [0.29, 0.717) is 44.1 Å². The highest BCUT2D eigenvalue weighted by Gasteiger charge is 2.21. The summed E-state index contributed by atoms with van der Waals surface area (Å²) in [4.78, 5) is 23.0. The second kappa shape index (κ2) is 7.32. The Morgan fingerprint density at radius 1 is 0.760 bits per heavy atom. The monoisotopic (exact) mass is 340 g/mol. The molecule has 2 aliphatic heterocycles. The van der Waals surface area contributed by atoms with Gasteiger partial charge in [0.05, 0.1) is 26.4 Å². The maximum Gasteiger partial charge on any atom is 0.230 e. The fraction of sp³-hybridized carbons (Fsp3) is 0.500. The molecule has 4 heterocycles. The SMILES string of the molecule is Bc1cccc(-c2nc(N3CCOCC3)nc(N3CCOCC3)n2)n1. The van der Waals surface area contributed by atoms with Gasteiger partial charge in [-0.15, -0.1) is 0 Å². The number of anilines is 2. The van der Waals surface area contributed by atoms with Crippen molar-refractivity contribution in [1.29, 1.82) is 0 Å². The van der Waals surface area contributed by atoms with Gasteiger partial charge in [0.1, 0.15) is 5.69 Å². The Morgan fingerprint density at radius 2 is 1.32 bits per heavy atom. The summed E-state index contributed by atoms with van der Waals surface area (Å²) in [6.07, 6.45) is 0. The van der Waals surface area contributed by atoms with Gasteiger partial charge >= 0.3 is 0 Å². The molecule has 0 amide bonds. The third-order valence-electron chi connectivity index (χ3n) is 4.32. The van der Waals surface area contributed by atoms with Crippen LogP contribution in [0.5, 0.6) is 0 Å². The Morgan fingerprint density at radius 3 is 1.84 bits per heavy atom. The number of hydrogen-bond acceptors (Lipinski definition) is 8. The maximum atomic E-state index is 5.45. The Bertz CT molecular complexity index is 698. The van der Waals surface area contributed by atoms with E-state index in [4.69, 9.17) is 24.4 Å². The number of aromatic nitrogens is 4. The number of morpholine rings is 2. The Balaban J connectivity index is 1.73.